The van der Waals surface area contributed by atoms with E-state index in [0.29, 0.717) is 18.1 Å². The van der Waals surface area contributed by atoms with Gasteiger partial charge < -0.3 is 19.4 Å². The minimum Gasteiger partial charge on any atom is -0.512 e. The molecule has 7 nitrogen and oxygen atoms in total. The molecule has 0 aliphatic heterocycles. The third kappa shape index (κ3) is 4.46. The predicted octanol–water partition coefficient (Wildman–Crippen LogP) is 6.50. The first-order valence-electron chi connectivity index (χ1n) is 11.5. The molecule has 1 aromatic carbocycles. The number of aliphatic hydroxyl groups is 1. The van der Waals surface area contributed by atoms with Gasteiger partial charge in [0.15, 0.2) is 5.76 Å². The highest BCUT2D eigenvalue weighted by atomic mass is 16.5. The molecular formula is C27H28N4O3. The molecule has 2 N–H and O–H groups in total. The Kier molecular flexibility index (Phi) is 5.69. The summed E-state index contributed by atoms with van der Waals surface area (Å²) in [6, 6.07) is 13.7. The van der Waals surface area contributed by atoms with E-state index in [2.05, 4.69) is 20.1 Å². The van der Waals surface area contributed by atoms with Crippen LogP contribution in [0.5, 0.6) is 5.75 Å². The second-order valence-electron chi connectivity index (χ2n) is 9.41. The van der Waals surface area contributed by atoms with Crippen LogP contribution in [0.1, 0.15) is 38.8 Å². The van der Waals surface area contributed by atoms with E-state index in [4.69, 9.17) is 9.26 Å². The van der Waals surface area contributed by atoms with Gasteiger partial charge in [-0.05, 0) is 82.0 Å². The summed E-state index contributed by atoms with van der Waals surface area (Å²) < 4.78 is 11.3. The molecule has 0 radical (unpaired) electrons. The molecule has 0 bridgehead atoms. The Labute approximate surface area is 198 Å². The summed E-state index contributed by atoms with van der Waals surface area (Å²) >= 11 is 0. The number of imidazole rings is 1. The van der Waals surface area contributed by atoms with Gasteiger partial charge in [0.25, 0.3) is 0 Å². The quantitative estimate of drug-likeness (QED) is 0.308. The fourth-order valence-electron chi connectivity index (χ4n) is 3.91. The summed E-state index contributed by atoms with van der Waals surface area (Å²) in [5.74, 6) is 2.63. The van der Waals surface area contributed by atoms with Crippen molar-refractivity contribution in [2.75, 3.05) is 6.61 Å². The number of aliphatic hydroxyl groups excluding tert-OH is 1. The minimum absolute atomic E-state index is 0.399. The third-order valence-corrected chi connectivity index (χ3v) is 6.19. The Bertz CT molecular complexity index is 1310. The molecule has 5 rings (SSSR count). The van der Waals surface area contributed by atoms with Gasteiger partial charge in [-0.3, -0.25) is 4.98 Å². The van der Waals surface area contributed by atoms with E-state index >= 15 is 0 Å². The maximum Gasteiger partial charge on any atom is 0.184 e. The van der Waals surface area contributed by atoms with Crippen LogP contribution in [0.15, 0.2) is 70.7 Å². The smallest absolute Gasteiger partial charge is 0.184 e. The fourth-order valence-corrected chi connectivity index (χ4v) is 3.91. The summed E-state index contributed by atoms with van der Waals surface area (Å²) in [7, 11) is 0. The van der Waals surface area contributed by atoms with Gasteiger partial charge in [0.1, 0.15) is 29.6 Å². The van der Waals surface area contributed by atoms with E-state index in [0.717, 1.165) is 64.6 Å². The largest absolute Gasteiger partial charge is 0.512 e. The third-order valence-electron chi connectivity index (χ3n) is 6.19. The number of aryl methyl sites for hydroxylation is 1. The first-order chi connectivity index (χ1) is 16.4. The number of nitrogens with zero attached hydrogens (tertiary/aromatic N) is 3. The van der Waals surface area contributed by atoms with Crippen LogP contribution in [0.25, 0.3) is 34.1 Å². The lowest BCUT2D eigenvalue weighted by molar-refractivity contribution is 0.152. The number of benzene rings is 1. The summed E-state index contributed by atoms with van der Waals surface area (Å²) in [6.45, 7) is 6.34. The number of hydrogen-bond acceptors (Lipinski definition) is 6. The maximum atomic E-state index is 10.5. The molecule has 0 saturated heterocycles. The second-order valence-corrected chi connectivity index (χ2v) is 9.41. The van der Waals surface area contributed by atoms with E-state index in [9.17, 15) is 5.11 Å². The monoisotopic (exact) mass is 456 g/mol. The van der Waals surface area contributed by atoms with Crippen molar-refractivity contribution in [1.82, 2.24) is 20.1 Å². The average Bonchev–Trinajstić information content (AvgIpc) is 3.46. The molecule has 7 heteroatoms. The van der Waals surface area contributed by atoms with E-state index in [1.54, 1.807) is 12.4 Å². The van der Waals surface area contributed by atoms with Crippen LogP contribution in [-0.4, -0.2) is 31.8 Å². The van der Waals surface area contributed by atoms with E-state index < -0.39 is 5.41 Å². The Morgan fingerprint density at radius 2 is 1.82 bits per heavy atom. The Morgan fingerprint density at radius 3 is 2.44 bits per heavy atom. The molecule has 1 aliphatic carbocycles. The van der Waals surface area contributed by atoms with E-state index in [1.807, 2.05) is 63.2 Å². The highest BCUT2D eigenvalue weighted by Crippen LogP contribution is 2.36. The Hall–Kier alpha value is -3.87. The maximum absolute atomic E-state index is 10.5. The number of H-pyrrole nitrogens is 1. The van der Waals surface area contributed by atoms with Gasteiger partial charge >= 0.3 is 0 Å². The predicted molar refractivity (Wildman–Crippen MR) is 130 cm³/mol. The summed E-state index contributed by atoms with van der Waals surface area (Å²) in [6.07, 6.45) is 6.69. The summed E-state index contributed by atoms with van der Waals surface area (Å²) in [5, 5.41) is 14.4. The number of aromatic nitrogens is 4. The van der Waals surface area contributed by atoms with Crippen LogP contribution in [-0.2, 0) is 0 Å². The minimum atomic E-state index is -0.399. The van der Waals surface area contributed by atoms with Crippen LogP contribution in [0, 0.1) is 12.3 Å². The Balaban J connectivity index is 1.24. The van der Waals surface area contributed by atoms with Crippen molar-refractivity contribution in [3.63, 3.8) is 0 Å². The number of allylic oxidation sites excluding steroid dienone is 1. The normalized spacial score (nSPS) is 13.6. The highest BCUT2D eigenvalue weighted by molar-refractivity contribution is 5.65. The molecular weight excluding hydrogens is 428 g/mol. The van der Waals surface area contributed by atoms with E-state index in [1.165, 1.54) is 0 Å². The van der Waals surface area contributed by atoms with Crippen molar-refractivity contribution in [2.24, 2.45) is 5.41 Å². The molecule has 3 aromatic heterocycles. The zero-order chi connectivity index (χ0) is 23.7. The fraction of sp³-hybridized carbons (Fsp3) is 0.296. The first-order valence-corrected chi connectivity index (χ1v) is 11.5. The number of nitrogens with one attached hydrogen (secondary N) is 1. The van der Waals surface area contributed by atoms with Crippen molar-refractivity contribution in [3.05, 3.63) is 71.9 Å². The van der Waals surface area contributed by atoms with Gasteiger partial charge in [-0.2, -0.15) is 0 Å². The topological polar surface area (TPSA) is 97.1 Å². The first kappa shape index (κ1) is 21.9. The summed E-state index contributed by atoms with van der Waals surface area (Å²) in [5.41, 5.74) is 5.10. The van der Waals surface area contributed by atoms with Crippen LogP contribution >= 0.6 is 0 Å². The molecule has 4 aromatic rings. The number of ether oxygens (including phenoxy) is 1. The van der Waals surface area contributed by atoms with Crippen molar-refractivity contribution in [2.45, 2.75) is 40.0 Å². The molecule has 34 heavy (non-hydrogen) atoms. The van der Waals surface area contributed by atoms with E-state index in [-0.39, 0.29) is 0 Å². The highest BCUT2D eigenvalue weighted by Gasteiger charge is 2.29. The van der Waals surface area contributed by atoms with Crippen molar-refractivity contribution < 1.29 is 14.4 Å². The molecule has 1 fully saturated rings. The van der Waals surface area contributed by atoms with Crippen LogP contribution in [0.2, 0.25) is 0 Å². The Morgan fingerprint density at radius 1 is 1.06 bits per heavy atom. The SMILES string of the molecule is Cc1cc(-c2cnc(-c3ccc(-c4ccc(OCC(C)(C)C(O)=C5CCC5)cc4)nc3)[nH]2)on1. The average molecular weight is 457 g/mol. The van der Waals surface area contributed by atoms with Crippen LogP contribution < -0.4 is 4.74 Å². The lowest BCUT2D eigenvalue weighted by Gasteiger charge is -2.29. The zero-order valence-electron chi connectivity index (χ0n) is 19.6. The zero-order valence-corrected chi connectivity index (χ0v) is 19.6. The molecule has 0 atom stereocenters. The molecule has 1 saturated carbocycles. The van der Waals surface area contributed by atoms with Gasteiger partial charge in [-0.1, -0.05) is 5.16 Å². The number of aromatic amines is 1. The van der Waals surface area contributed by atoms with Crippen molar-refractivity contribution in [3.8, 4) is 39.8 Å². The standard InChI is InChI=1S/C27H28N4O3/c1-17-13-24(34-31-17)23-15-29-26(30-23)20-9-12-22(28-14-20)18-7-10-21(11-8-18)33-16-27(2,3)25(32)19-5-4-6-19/h7-15,32H,4-6,16H2,1-3H3,(H,29,30). The van der Waals surface area contributed by atoms with Gasteiger partial charge in [-0.25, -0.2) is 4.98 Å². The number of pyridine rings is 1. The second kappa shape index (κ2) is 8.82. The van der Waals surface area contributed by atoms with Gasteiger partial charge in [-0.15, -0.1) is 0 Å². The van der Waals surface area contributed by atoms with Crippen molar-refractivity contribution in [1.29, 1.82) is 0 Å². The van der Waals surface area contributed by atoms with Crippen molar-refractivity contribution >= 4 is 0 Å². The lowest BCUT2D eigenvalue weighted by atomic mass is 9.81. The molecule has 1 aliphatic rings. The van der Waals surface area contributed by atoms with Gasteiger partial charge in [0.05, 0.1) is 23.0 Å². The van der Waals surface area contributed by atoms with Crippen LogP contribution in [0.4, 0.5) is 0 Å². The molecule has 0 spiro atoms. The molecule has 3 heterocycles. The summed E-state index contributed by atoms with van der Waals surface area (Å²) in [4.78, 5) is 12.3. The number of hydrogen-bond donors (Lipinski definition) is 2. The lowest BCUT2D eigenvalue weighted by Crippen LogP contribution is -2.26. The van der Waals surface area contributed by atoms with Crippen LogP contribution in [0.3, 0.4) is 0 Å². The molecule has 0 amide bonds. The molecule has 0 unspecified atom stereocenters. The number of rotatable bonds is 7. The van der Waals surface area contributed by atoms with Gasteiger partial charge in [0, 0.05) is 23.4 Å². The molecule has 174 valence electrons. The van der Waals surface area contributed by atoms with Gasteiger partial charge in [0.2, 0.25) is 0 Å².